The largest absolute Gasteiger partial charge is 0.344 e. The van der Waals surface area contributed by atoms with Crippen LogP contribution in [0.25, 0.3) is 0 Å². The number of fused-ring (bicyclic) bond motifs is 1. The molecule has 1 aliphatic rings. The Bertz CT molecular complexity index is 483. The van der Waals surface area contributed by atoms with Gasteiger partial charge in [0.2, 0.25) is 0 Å². The number of para-hydroxylation sites is 1. The zero-order valence-corrected chi connectivity index (χ0v) is 10.5. The molecule has 2 rings (SSSR count). The molecule has 0 amide bonds. The smallest absolute Gasteiger partial charge is 0.0586 e. The Morgan fingerprint density at radius 3 is 2.88 bits per heavy atom. The van der Waals surface area contributed by atoms with Gasteiger partial charge in [-0.3, -0.25) is 4.99 Å². The van der Waals surface area contributed by atoms with Crippen LogP contribution < -0.4 is 4.90 Å². The molecule has 2 nitrogen and oxygen atoms in total. The van der Waals surface area contributed by atoms with Crippen molar-refractivity contribution >= 4 is 12.4 Å². The lowest BCUT2D eigenvalue weighted by molar-refractivity contribution is 0.966. The zero-order valence-electron chi connectivity index (χ0n) is 10.5. The van der Waals surface area contributed by atoms with Gasteiger partial charge < -0.3 is 4.90 Å². The molecule has 88 valence electrons. The second kappa shape index (κ2) is 5.00. The number of benzene rings is 1. The van der Waals surface area contributed by atoms with Gasteiger partial charge in [0.15, 0.2) is 0 Å². The molecule has 0 atom stereocenters. The number of rotatable bonds is 2. The number of allylic oxidation sites excluding steroid dienone is 2. The molecule has 0 N–H and O–H groups in total. The summed E-state index contributed by atoms with van der Waals surface area (Å²) < 4.78 is 0. The summed E-state index contributed by atoms with van der Waals surface area (Å²) in [5.74, 6) is 0. The predicted octanol–water partition coefficient (Wildman–Crippen LogP) is 3.21. The lowest BCUT2D eigenvalue weighted by atomic mass is 9.94. The van der Waals surface area contributed by atoms with Crippen molar-refractivity contribution in [1.29, 1.82) is 0 Å². The summed E-state index contributed by atoms with van der Waals surface area (Å²) in [5.41, 5.74) is 5.27. The van der Waals surface area contributed by atoms with Crippen molar-refractivity contribution in [2.75, 3.05) is 18.5 Å². The van der Waals surface area contributed by atoms with Gasteiger partial charge in [-0.05, 0) is 36.9 Å². The molecule has 1 aliphatic heterocycles. The molecular weight excluding hydrogens is 208 g/mol. The number of hydrogen-bond donors (Lipinski definition) is 0. The van der Waals surface area contributed by atoms with Gasteiger partial charge in [0.05, 0.1) is 6.54 Å². The average Bonchev–Trinajstić information content (AvgIpc) is 2.37. The Labute approximate surface area is 103 Å². The van der Waals surface area contributed by atoms with E-state index in [4.69, 9.17) is 0 Å². The fourth-order valence-corrected chi connectivity index (χ4v) is 2.30. The highest BCUT2D eigenvalue weighted by Crippen LogP contribution is 2.34. The van der Waals surface area contributed by atoms with E-state index in [2.05, 4.69) is 67.0 Å². The van der Waals surface area contributed by atoms with Crippen molar-refractivity contribution in [3.8, 4) is 0 Å². The number of aliphatic imine (C=N–C) groups is 1. The van der Waals surface area contributed by atoms with Crippen LogP contribution in [-0.4, -0.2) is 20.3 Å². The minimum Gasteiger partial charge on any atom is -0.344 e. The summed E-state index contributed by atoms with van der Waals surface area (Å²) in [6, 6.07) is 8.54. The van der Waals surface area contributed by atoms with E-state index in [1.807, 2.05) is 0 Å². The van der Waals surface area contributed by atoms with Crippen LogP contribution in [0.15, 0.2) is 52.7 Å². The summed E-state index contributed by atoms with van der Waals surface area (Å²) >= 11 is 0. The number of hydrogen-bond acceptors (Lipinski definition) is 2. The first kappa shape index (κ1) is 11.6. The summed E-state index contributed by atoms with van der Waals surface area (Å²) in [4.78, 5) is 6.14. The zero-order chi connectivity index (χ0) is 12.3. The Morgan fingerprint density at radius 2 is 2.18 bits per heavy atom. The monoisotopic (exact) mass is 226 g/mol. The molecular formula is C15H18N2. The fourth-order valence-electron chi connectivity index (χ4n) is 2.30. The number of likely N-dealkylation sites (N-methyl/N-ethyl adjacent to an activating group) is 1. The molecule has 1 aromatic carbocycles. The Balaban J connectivity index is 2.46. The fraction of sp³-hybridized carbons (Fsp3) is 0.267. The quantitative estimate of drug-likeness (QED) is 0.707. The van der Waals surface area contributed by atoms with Crippen molar-refractivity contribution in [2.24, 2.45) is 4.99 Å². The first-order chi connectivity index (χ1) is 8.27. The first-order valence-corrected chi connectivity index (χ1v) is 5.87. The maximum atomic E-state index is 3.91. The summed E-state index contributed by atoms with van der Waals surface area (Å²) in [5, 5.41) is 0. The molecule has 0 bridgehead atoms. The van der Waals surface area contributed by atoms with Gasteiger partial charge in [-0.25, -0.2) is 0 Å². The van der Waals surface area contributed by atoms with Crippen molar-refractivity contribution < 1.29 is 0 Å². The van der Waals surface area contributed by atoms with Gasteiger partial charge in [-0.15, -0.1) is 0 Å². The molecule has 0 radical (unpaired) electrons. The van der Waals surface area contributed by atoms with Gasteiger partial charge in [-0.1, -0.05) is 24.3 Å². The molecule has 1 heterocycles. The van der Waals surface area contributed by atoms with Crippen LogP contribution in [0.1, 0.15) is 12.5 Å². The van der Waals surface area contributed by atoms with E-state index < -0.39 is 0 Å². The standard InChI is InChI=1S/C15H18N2/c1-4-12-11-13-7-5-6-8-14(13)17(3)15(12)9-10-16-2/h4-9H,2,10-11H2,1,3H3/b12-4-,15-9+. The van der Waals surface area contributed by atoms with E-state index in [9.17, 15) is 0 Å². The lowest BCUT2D eigenvalue weighted by Gasteiger charge is -2.32. The van der Waals surface area contributed by atoms with Gasteiger partial charge >= 0.3 is 0 Å². The minimum atomic E-state index is 0.666. The second-order valence-corrected chi connectivity index (χ2v) is 4.17. The summed E-state index contributed by atoms with van der Waals surface area (Å²) in [6.45, 7) is 6.29. The summed E-state index contributed by atoms with van der Waals surface area (Å²) in [6.07, 6.45) is 5.32. The third-order valence-electron chi connectivity index (χ3n) is 3.19. The molecule has 0 spiro atoms. The van der Waals surface area contributed by atoms with Crippen LogP contribution in [0.2, 0.25) is 0 Å². The maximum absolute atomic E-state index is 3.91. The molecule has 0 saturated carbocycles. The number of anilines is 1. The minimum absolute atomic E-state index is 0.666. The molecule has 0 unspecified atom stereocenters. The van der Waals surface area contributed by atoms with Crippen LogP contribution >= 0.6 is 0 Å². The molecule has 0 aliphatic carbocycles. The summed E-state index contributed by atoms with van der Waals surface area (Å²) in [7, 11) is 2.11. The molecule has 0 saturated heterocycles. The highest BCUT2D eigenvalue weighted by Gasteiger charge is 2.20. The van der Waals surface area contributed by atoms with Crippen molar-refractivity contribution in [3.63, 3.8) is 0 Å². The van der Waals surface area contributed by atoms with Crippen LogP contribution in [-0.2, 0) is 6.42 Å². The first-order valence-electron chi connectivity index (χ1n) is 5.87. The van der Waals surface area contributed by atoms with E-state index in [1.165, 1.54) is 22.5 Å². The Morgan fingerprint density at radius 1 is 1.41 bits per heavy atom. The van der Waals surface area contributed by atoms with Crippen molar-refractivity contribution in [1.82, 2.24) is 0 Å². The van der Waals surface area contributed by atoms with Gasteiger partial charge in [0.1, 0.15) is 0 Å². The molecule has 2 heteroatoms. The third-order valence-corrected chi connectivity index (χ3v) is 3.19. The van der Waals surface area contributed by atoms with E-state index >= 15 is 0 Å². The van der Waals surface area contributed by atoms with E-state index in [1.54, 1.807) is 0 Å². The van der Waals surface area contributed by atoms with E-state index in [-0.39, 0.29) is 0 Å². The van der Waals surface area contributed by atoms with Crippen molar-refractivity contribution in [2.45, 2.75) is 13.3 Å². The maximum Gasteiger partial charge on any atom is 0.0586 e. The van der Waals surface area contributed by atoms with E-state index in [0.717, 1.165) is 6.42 Å². The molecule has 1 aromatic rings. The van der Waals surface area contributed by atoms with E-state index in [0.29, 0.717) is 6.54 Å². The second-order valence-electron chi connectivity index (χ2n) is 4.17. The van der Waals surface area contributed by atoms with Crippen LogP contribution in [0, 0.1) is 0 Å². The third kappa shape index (κ3) is 2.16. The van der Waals surface area contributed by atoms with Gasteiger partial charge in [0, 0.05) is 24.9 Å². The molecule has 0 aromatic heterocycles. The molecule has 17 heavy (non-hydrogen) atoms. The van der Waals surface area contributed by atoms with Crippen molar-refractivity contribution in [3.05, 3.63) is 53.3 Å². The Hall–Kier alpha value is -1.83. The SMILES string of the molecule is C=NC/C=C1\C(=C/C)Cc2ccccc2N1C. The lowest BCUT2D eigenvalue weighted by Crippen LogP contribution is -2.25. The molecule has 0 fully saturated rings. The average molecular weight is 226 g/mol. The van der Waals surface area contributed by atoms with Gasteiger partial charge in [0.25, 0.3) is 0 Å². The van der Waals surface area contributed by atoms with Crippen LogP contribution in [0.5, 0.6) is 0 Å². The van der Waals surface area contributed by atoms with Crippen LogP contribution in [0.3, 0.4) is 0 Å². The Kier molecular flexibility index (Phi) is 3.43. The van der Waals surface area contributed by atoms with Crippen LogP contribution in [0.4, 0.5) is 5.69 Å². The normalized spacial score (nSPS) is 19.5. The predicted molar refractivity (Wildman–Crippen MR) is 74.8 cm³/mol. The topological polar surface area (TPSA) is 15.6 Å². The van der Waals surface area contributed by atoms with Gasteiger partial charge in [-0.2, -0.15) is 0 Å². The highest BCUT2D eigenvalue weighted by atomic mass is 15.1. The number of nitrogens with zero attached hydrogens (tertiary/aromatic N) is 2. The highest BCUT2D eigenvalue weighted by molar-refractivity contribution is 5.66.